The van der Waals surface area contributed by atoms with Gasteiger partial charge in [-0.05, 0) is 25.1 Å². The Kier molecular flexibility index (Phi) is 3.19. The lowest BCUT2D eigenvalue weighted by atomic mass is 10.0. The van der Waals surface area contributed by atoms with E-state index in [0.29, 0.717) is 22.6 Å². The predicted molar refractivity (Wildman–Crippen MR) is 77.2 cm³/mol. The molecule has 0 amide bonds. The van der Waals surface area contributed by atoms with Crippen molar-refractivity contribution in [3.05, 3.63) is 39.4 Å². The van der Waals surface area contributed by atoms with Crippen molar-refractivity contribution >= 4 is 28.8 Å². The van der Waals surface area contributed by atoms with Crippen LogP contribution in [-0.2, 0) is 0 Å². The first-order valence-corrected chi connectivity index (χ1v) is 6.95. The van der Waals surface area contributed by atoms with E-state index >= 15 is 0 Å². The number of anilines is 1. The summed E-state index contributed by atoms with van der Waals surface area (Å²) in [6.45, 7) is 1.89. The van der Waals surface area contributed by atoms with E-state index in [4.69, 9.17) is 21.9 Å². The van der Waals surface area contributed by atoms with Gasteiger partial charge in [-0.1, -0.05) is 16.8 Å². The van der Waals surface area contributed by atoms with Gasteiger partial charge in [-0.15, -0.1) is 11.3 Å². The van der Waals surface area contributed by atoms with Gasteiger partial charge in [-0.2, -0.15) is 0 Å². The molecule has 0 fully saturated rings. The van der Waals surface area contributed by atoms with E-state index in [1.165, 1.54) is 23.5 Å². The number of halogens is 2. The summed E-state index contributed by atoms with van der Waals surface area (Å²) in [6, 6.07) is 4.08. The second kappa shape index (κ2) is 4.88. The van der Waals surface area contributed by atoms with Crippen LogP contribution in [0.25, 0.3) is 22.6 Å². The fourth-order valence-electron chi connectivity index (χ4n) is 1.90. The van der Waals surface area contributed by atoms with Crippen molar-refractivity contribution in [1.82, 2.24) is 10.1 Å². The molecule has 0 aliphatic heterocycles. The number of rotatable bonds is 2. The third-order valence-electron chi connectivity index (χ3n) is 2.77. The number of nitrogen functional groups attached to an aromatic ring is 1. The lowest BCUT2D eigenvalue weighted by molar-refractivity contribution is 0.435. The van der Waals surface area contributed by atoms with Crippen LogP contribution in [0.3, 0.4) is 0 Å². The Morgan fingerprint density at radius 3 is 2.85 bits per heavy atom. The lowest BCUT2D eigenvalue weighted by Crippen LogP contribution is -1.90. The molecule has 0 atom stereocenters. The van der Waals surface area contributed by atoms with Crippen molar-refractivity contribution in [2.75, 3.05) is 5.73 Å². The fraction of sp³-hybridized carbons (Fsp3) is 0.0769. The quantitative estimate of drug-likeness (QED) is 0.772. The van der Waals surface area contributed by atoms with Crippen LogP contribution in [0.2, 0.25) is 5.02 Å². The molecule has 0 unspecified atom stereocenters. The van der Waals surface area contributed by atoms with Crippen molar-refractivity contribution in [2.24, 2.45) is 0 Å². The normalized spacial score (nSPS) is 10.9. The molecule has 0 aliphatic carbocycles. The molecular formula is C13H9ClFN3OS. The molecule has 0 saturated carbocycles. The molecule has 2 N–H and O–H groups in total. The second-order valence-electron chi connectivity index (χ2n) is 4.15. The summed E-state index contributed by atoms with van der Waals surface area (Å²) in [6.07, 6.45) is 0. The van der Waals surface area contributed by atoms with E-state index in [-0.39, 0.29) is 10.8 Å². The van der Waals surface area contributed by atoms with E-state index in [1.807, 2.05) is 12.3 Å². The van der Waals surface area contributed by atoms with Crippen LogP contribution >= 0.6 is 22.9 Å². The zero-order valence-electron chi connectivity index (χ0n) is 10.4. The number of hydrogen-bond acceptors (Lipinski definition) is 5. The standard InChI is InChI=1S/C13H9ClFN3OS/c1-6-17-10(5-20-6)12-11(13(16)18-19-12)8-3-2-7(15)4-9(8)14/h2-5H,1H3,(H2,16,18). The Morgan fingerprint density at radius 2 is 2.20 bits per heavy atom. The van der Waals surface area contributed by atoms with Crippen LogP contribution in [-0.4, -0.2) is 10.1 Å². The van der Waals surface area contributed by atoms with Gasteiger partial charge in [0.15, 0.2) is 11.6 Å². The summed E-state index contributed by atoms with van der Waals surface area (Å²) in [4.78, 5) is 4.34. The maximum atomic E-state index is 13.2. The van der Waals surface area contributed by atoms with Crippen LogP contribution < -0.4 is 5.73 Å². The van der Waals surface area contributed by atoms with Crippen LogP contribution in [0.1, 0.15) is 5.01 Å². The molecule has 0 spiro atoms. The molecule has 0 radical (unpaired) electrons. The third-order valence-corrected chi connectivity index (χ3v) is 3.86. The SMILES string of the molecule is Cc1nc(-c2onc(N)c2-c2ccc(F)cc2Cl)cs1. The Labute approximate surface area is 123 Å². The molecule has 3 aromatic rings. The highest BCUT2D eigenvalue weighted by atomic mass is 35.5. The number of hydrogen-bond donors (Lipinski definition) is 1. The molecular weight excluding hydrogens is 301 g/mol. The molecule has 0 saturated heterocycles. The second-order valence-corrected chi connectivity index (χ2v) is 5.62. The minimum Gasteiger partial charge on any atom is -0.380 e. The zero-order valence-corrected chi connectivity index (χ0v) is 11.9. The summed E-state index contributed by atoms with van der Waals surface area (Å²) < 4.78 is 18.4. The Bertz CT molecular complexity index is 784. The molecule has 20 heavy (non-hydrogen) atoms. The van der Waals surface area contributed by atoms with Gasteiger partial charge in [0.1, 0.15) is 11.5 Å². The molecule has 3 rings (SSSR count). The maximum absolute atomic E-state index is 13.2. The highest BCUT2D eigenvalue weighted by Gasteiger charge is 2.21. The van der Waals surface area contributed by atoms with E-state index in [9.17, 15) is 4.39 Å². The Balaban J connectivity index is 2.21. The number of benzene rings is 1. The van der Waals surface area contributed by atoms with Gasteiger partial charge in [0, 0.05) is 10.9 Å². The molecule has 0 aliphatic rings. The van der Waals surface area contributed by atoms with E-state index in [0.717, 1.165) is 5.01 Å². The van der Waals surface area contributed by atoms with Crippen molar-refractivity contribution in [1.29, 1.82) is 0 Å². The first-order chi connectivity index (χ1) is 9.56. The largest absolute Gasteiger partial charge is 0.380 e. The van der Waals surface area contributed by atoms with E-state index < -0.39 is 5.82 Å². The van der Waals surface area contributed by atoms with Gasteiger partial charge in [-0.25, -0.2) is 9.37 Å². The highest BCUT2D eigenvalue weighted by Crippen LogP contribution is 2.40. The maximum Gasteiger partial charge on any atom is 0.196 e. The van der Waals surface area contributed by atoms with Crippen molar-refractivity contribution < 1.29 is 8.91 Å². The summed E-state index contributed by atoms with van der Waals surface area (Å²) in [5.41, 5.74) is 7.56. The molecule has 7 heteroatoms. The molecule has 4 nitrogen and oxygen atoms in total. The van der Waals surface area contributed by atoms with Gasteiger partial charge in [0.05, 0.1) is 15.6 Å². The van der Waals surface area contributed by atoms with Gasteiger partial charge in [0.25, 0.3) is 0 Å². The summed E-state index contributed by atoms with van der Waals surface area (Å²) in [5.74, 6) is 0.208. The van der Waals surface area contributed by atoms with E-state index in [2.05, 4.69) is 10.1 Å². The smallest absolute Gasteiger partial charge is 0.196 e. The van der Waals surface area contributed by atoms with Crippen molar-refractivity contribution in [3.8, 4) is 22.6 Å². The fourth-order valence-corrected chi connectivity index (χ4v) is 2.75. The first-order valence-electron chi connectivity index (χ1n) is 5.69. The Hall–Kier alpha value is -1.92. The summed E-state index contributed by atoms with van der Waals surface area (Å²) in [5, 5.41) is 6.74. The summed E-state index contributed by atoms with van der Waals surface area (Å²) >= 11 is 7.56. The number of aryl methyl sites for hydroxylation is 1. The van der Waals surface area contributed by atoms with Crippen molar-refractivity contribution in [3.63, 3.8) is 0 Å². The highest BCUT2D eigenvalue weighted by molar-refractivity contribution is 7.09. The minimum atomic E-state index is -0.417. The van der Waals surface area contributed by atoms with Gasteiger partial charge in [-0.3, -0.25) is 0 Å². The van der Waals surface area contributed by atoms with E-state index in [1.54, 1.807) is 6.07 Å². The monoisotopic (exact) mass is 309 g/mol. The Morgan fingerprint density at radius 1 is 1.40 bits per heavy atom. The predicted octanol–water partition coefficient (Wildman–Crippen LogP) is 4.15. The zero-order chi connectivity index (χ0) is 14.3. The topological polar surface area (TPSA) is 64.9 Å². The molecule has 2 heterocycles. The molecule has 102 valence electrons. The molecule has 0 bridgehead atoms. The molecule has 2 aromatic heterocycles. The number of thiazole rings is 1. The van der Waals surface area contributed by atoms with Crippen LogP contribution in [0.4, 0.5) is 10.2 Å². The average molecular weight is 310 g/mol. The minimum absolute atomic E-state index is 0.194. The summed E-state index contributed by atoms with van der Waals surface area (Å²) in [7, 11) is 0. The lowest BCUT2D eigenvalue weighted by Gasteiger charge is -2.04. The van der Waals surface area contributed by atoms with Gasteiger partial charge in [0.2, 0.25) is 0 Å². The van der Waals surface area contributed by atoms with Crippen LogP contribution in [0.5, 0.6) is 0 Å². The number of nitrogens with two attached hydrogens (primary N) is 1. The average Bonchev–Trinajstić information content (AvgIpc) is 2.96. The number of aromatic nitrogens is 2. The van der Waals surface area contributed by atoms with Gasteiger partial charge >= 0.3 is 0 Å². The molecule has 1 aromatic carbocycles. The van der Waals surface area contributed by atoms with Gasteiger partial charge < -0.3 is 10.3 Å². The van der Waals surface area contributed by atoms with Crippen LogP contribution in [0, 0.1) is 12.7 Å². The number of nitrogens with zero attached hydrogens (tertiary/aromatic N) is 2. The first kappa shape index (κ1) is 13.1. The third kappa shape index (κ3) is 2.17. The van der Waals surface area contributed by atoms with Crippen LogP contribution in [0.15, 0.2) is 28.1 Å². The van der Waals surface area contributed by atoms with Crippen molar-refractivity contribution in [2.45, 2.75) is 6.92 Å².